The Balaban J connectivity index is 1.52. The molecule has 0 radical (unpaired) electrons. The SMILES string of the molecule is O=C(NC1CCCCC1)c1cnc(NCc2ccccn2)nc1. The van der Waals surface area contributed by atoms with Gasteiger partial charge in [0.05, 0.1) is 17.8 Å². The fourth-order valence-electron chi connectivity index (χ4n) is 2.72. The Morgan fingerprint density at radius 3 is 2.57 bits per heavy atom. The fourth-order valence-corrected chi connectivity index (χ4v) is 2.72. The minimum Gasteiger partial charge on any atom is -0.349 e. The lowest BCUT2D eigenvalue weighted by atomic mass is 9.95. The molecule has 0 spiro atoms. The Kier molecular flexibility index (Phi) is 5.13. The number of carbonyl (C=O) groups excluding carboxylic acids is 1. The number of aromatic nitrogens is 3. The number of amides is 1. The molecule has 6 heteroatoms. The Hall–Kier alpha value is -2.50. The predicted octanol–water partition coefficient (Wildman–Crippen LogP) is 2.55. The highest BCUT2D eigenvalue weighted by Gasteiger charge is 2.17. The van der Waals surface area contributed by atoms with Gasteiger partial charge in [0.2, 0.25) is 5.95 Å². The fraction of sp³-hybridized carbons (Fsp3) is 0.412. The van der Waals surface area contributed by atoms with Crippen LogP contribution in [0.15, 0.2) is 36.8 Å². The van der Waals surface area contributed by atoms with E-state index in [1.54, 1.807) is 18.6 Å². The number of carbonyl (C=O) groups is 1. The van der Waals surface area contributed by atoms with Crippen LogP contribution < -0.4 is 10.6 Å². The van der Waals surface area contributed by atoms with Gasteiger partial charge in [0, 0.05) is 24.6 Å². The van der Waals surface area contributed by atoms with Gasteiger partial charge in [-0.25, -0.2) is 9.97 Å². The highest BCUT2D eigenvalue weighted by molar-refractivity contribution is 5.93. The molecule has 6 nitrogen and oxygen atoms in total. The van der Waals surface area contributed by atoms with Crippen LogP contribution in [0.1, 0.15) is 48.2 Å². The van der Waals surface area contributed by atoms with Gasteiger partial charge in [-0.3, -0.25) is 9.78 Å². The molecule has 0 saturated heterocycles. The van der Waals surface area contributed by atoms with Crippen LogP contribution >= 0.6 is 0 Å². The van der Waals surface area contributed by atoms with Gasteiger partial charge >= 0.3 is 0 Å². The Morgan fingerprint density at radius 2 is 1.87 bits per heavy atom. The zero-order valence-electron chi connectivity index (χ0n) is 13.0. The molecule has 1 saturated carbocycles. The molecular weight excluding hydrogens is 290 g/mol. The molecule has 0 unspecified atom stereocenters. The van der Waals surface area contributed by atoms with E-state index in [0.717, 1.165) is 18.5 Å². The maximum Gasteiger partial charge on any atom is 0.254 e. The van der Waals surface area contributed by atoms with E-state index in [-0.39, 0.29) is 5.91 Å². The highest BCUT2D eigenvalue weighted by Crippen LogP contribution is 2.17. The third-order valence-electron chi connectivity index (χ3n) is 4.01. The molecule has 2 N–H and O–H groups in total. The number of hydrogen-bond acceptors (Lipinski definition) is 5. The molecule has 1 aliphatic carbocycles. The molecule has 23 heavy (non-hydrogen) atoms. The van der Waals surface area contributed by atoms with Gasteiger partial charge in [-0.1, -0.05) is 25.3 Å². The van der Waals surface area contributed by atoms with E-state index in [1.807, 2.05) is 18.2 Å². The number of nitrogens with zero attached hydrogens (tertiary/aromatic N) is 3. The molecule has 2 aromatic heterocycles. The van der Waals surface area contributed by atoms with Crippen molar-refractivity contribution in [2.75, 3.05) is 5.32 Å². The van der Waals surface area contributed by atoms with Crippen LogP contribution in [-0.4, -0.2) is 26.9 Å². The van der Waals surface area contributed by atoms with Crippen LogP contribution in [0.2, 0.25) is 0 Å². The zero-order chi connectivity index (χ0) is 15.9. The maximum atomic E-state index is 12.2. The van der Waals surface area contributed by atoms with Crippen LogP contribution in [0.4, 0.5) is 5.95 Å². The number of pyridine rings is 1. The van der Waals surface area contributed by atoms with E-state index in [9.17, 15) is 4.79 Å². The smallest absolute Gasteiger partial charge is 0.254 e. The van der Waals surface area contributed by atoms with Crippen molar-refractivity contribution in [3.63, 3.8) is 0 Å². The number of anilines is 1. The second-order valence-electron chi connectivity index (χ2n) is 5.78. The van der Waals surface area contributed by atoms with E-state index >= 15 is 0 Å². The molecule has 0 aromatic carbocycles. The van der Waals surface area contributed by atoms with Crippen molar-refractivity contribution in [1.82, 2.24) is 20.3 Å². The van der Waals surface area contributed by atoms with Crippen molar-refractivity contribution in [2.24, 2.45) is 0 Å². The summed E-state index contributed by atoms with van der Waals surface area (Å²) in [6, 6.07) is 6.03. The normalized spacial score (nSPS) is 15.1. The van der Waals surface area contributed by atoms with Crippen molar-refractivity contribution in [1.29, 1.82) is 0 Å². The summed E-state index contributed by atoms with van der Waals surface area (Å²) in [6.07, 6.45) is 10.7. The summed E-state index contributed by atoms with van der Waals surface area (Å²) in [5, 5.41) is 6.16. The van der Waals surface area contributed by atoms with E-state index in [1.165, 1.54) is 19.3 Å². The molecule has 2 heterocycles. The van der Waals surface area contributed by atoms with Gasteiger partial charge in [-0.05, 0) is 25.0 Å². The second-order valence-corrected chi connectivity index (χ2v) is 5.78. The third kappa shape index (κ3) is 4.48. The molecule has 1 fully saturated rings. The second kappa shape index (κ2) is 7.67. The predicted molar refractivity (Wildman–Crippen MR) is 87.9 cm³/mol. The molecule has 2 aromatic rings. The molecule has 3 rings (SSSR count). The van der Waals surface area contributed by atoms with Crippen LogP contribution in [-0.2, 0) is 6.54 Å². The summed E-state index contributed by atoms with van der Waals surface area (Å²) in [7, 11) is 0. The highest BCUT2D eigenvalue weighted by atomic mass is 16.1. The first kappa shape index (κ1) is 15.4. The standard InChI is InChI=1S/C17H21N5O/c23-16(22-14-6-2-1-3-7-14)13-10-19-17(20-11-13)21-12-15-8-4-5-9-18-15/h4-5,8-11,14H,1-3,6-7,12H2,(H,22,23)(H,19,20,21). The lowest BCUT2D eigenvalue weighted by Crippen LogP contribution is -2.36. The van der Waals surface area contributed by atoms with Crippen molar-refractivity contribution >= 4 is 11.9 Å². The summed E-state index contributed by atoms with van der Waals surface area (Å²) in [6.45, 7) is 0.550. The number of hydrogen-bond donors (Lipinski definition) is 2. The first-order valence-corrected chi connectivity index (χ1v) is 8.08. The first-order chi connectivity index (χ1) is 11.3. The van der Waals surface area contributed by atoms with Gasteiger partial charge in [-0.15, -0.1) is 0 Å². The molecule has 120 valence electrons. The van der Waals surface area contributed by atoms with Crippen LogP contribution in [0.3, 0.4) is 0 Å². The number of nitrogens with one attached hydrogen (secondary N) is 2. The Bertz CT molecular complexity index is 623. The topological polar surface area (TPSA) is 79.8 Å². The Morgan fingerprint density at radius 1 is 1.09 bits per heavy atom. The number of rotatable bonds is 5. The lowest BCUT2D eigenvalue weighted by Gasteiger charge is -2.22. The minimum atomic E-state index is -0.0897. The first-order valence-electron chi connectivity index (χ1n) is 8.08. The van der Waals surface area contributed by atoms with Crippen LogP contribution in [0.5, 0.6) is 0 Å². The van der Waals surface area contributed by atoms with E-state index in [2.05, 4.69) is 25.6 Å². The van der Waals surface area contributed by atoms with Crippen LogP contribution in [0, 0.1) is 0 Å². The average molecular weight is 311 g/mol. The molecule has 0 bridgehead atoms. The minimum absolute atomic E-state index is 0.0897. The van der Waals surface area contributed by atoms with E-state index in [0.29, 0.717) is 24.1 Å². The van der Waals surface area contributed by atoms with Gasteiger partial charge in [0.15, 0.2) is 0 Å². The summed E-state index contributed by atoms with van der Waals surface area (Å²) in [4.78, 5) is 24.8. The van der Waals surface area contributed by atoms with Gasteiger partial charge in [-0.2, -0.15) is 0 Å². The molecule has 1 aliphatic rings. The van der Waals surface area contributed by atoms with Gasteiger partial charge in [0.25, 0.3) is 5.91 Å². The van der Waals surface area contributed by atoms with E-state index in [4.69, 9.17) is 0 Å². The quantitative estimate of drug-likeness (QED) is 0.887. The van der Waals surface area contributed by atoms with Crippen LogP contribution in [0.25, 0.3) is 0 Å². The monoisotopic (exact) mass is 311 g/mol. The van der Waals surface area contributed by atoms with Gasteiger partial charge < -0.3 is 10.6 Å². The average Bonchev–Trinajstić information content (AvgIpc) is 2.62. The molecular formula is C17H21N5O. The summed E-state index contributed by atoms with van der Waals surface area (Å²) >= 11 is 0. The molecule has 0 atom stereocenters. The summed E-state index contributed by atoms with van der Waals surface area (Å²) in [5.41, 5.74) is 1.41. The summed E-state index contributed by atoms with van der Waals surface area (Å²) < 4.78 is 0. The molecule has 0 aliphatic heterocycles. The maximum absolute atomic E-state index is 12.2. The lowest BCUT2D eigenvalue weighted by molar-refractivity contribution is 0.0927. The van der Waals surface area contributed by atoms with E-state index < -0.39 is 0 Å². The van der Waals surface area contributed by atoms with Crippen molar-refractivity contribution in [3.05, 3.63) is 48.0 Å². The van der Waals surface area contributed by atoms with Gasteiger partial charge in [0.1, 0.15) is 0 Å². The van der Waals surface area contributed by atoms with Crippen molar-refractivity contribution in [3.8, 4) is 0 Å². The third-order valence-corrected chi connectivity index (χ3v) is 4.01. The Labute approximate surface area is 135 Å². The van der Waals surface area contributed by atoms with Crippen molar-refractivity contribution in [2.45, 2.75) is 44.7 Å². The summed E-state index contributed by atoms with van der Waals surface area (Å²) in [5.74, 6) is 0.401. The largest absolute Gasteiger partial charge is 0.349 e. The zero-order valence-corrected chi connectivity index (χ0v) is 13.0. The molecule has 1 amide bonds. The van der Waals surface area contributed by atoms with Crippen molar-refractivity contribution < 1.29 is 4.79 Å².